The van der Waals surface area contributed by atoms with Crippen molar-refractivity contribution in [2.75, 3.05) is 6.61 Å². The average molecular weight is 234 g/mol. The summed E-state index contributed by atoms with van der Waals surface area (Å²) in [5.74, 6) is 0.380. The van der Waals surface area contributed by atoms with Crippen LogP contribution in [0.2, 0.25) is 0 Å². The second kappa shape index (κ2) is 5.53. The molecule has 0 aromatic heterocycles. The molecule has 0 aliphatic rings. The first-order chi connectivity index (χ1) is 7.92. The fourth-order valence-electron chi connectivity index (χ4n) is 1.18. The molecular formula is C14H18O3. The number of hydrogen-bond acceptors (Lipinski definition) is 3. The maximum absolute atomic E-state index is 11.7. The van der Waals surface area contributed by atoms with Gasteiger partial charge in [-0.25, -0.2) is 4.79 Å². The number of esters is 1. The van der Waals surface area contributed by atoms with Crippen molar-refractivity contribution in [2.24, 2.45) is 0 Å². The minimum atomic E-state index is -0.477. The number of benzene rings is 1. The molecule has 0 amide bonds. The molecule has 0 spiro atoms. The van der Waals surface area contributed by atoms with E-state index in [1.807, 2.05) is 20.8 Å². The highest BCUT2D eigenvalue weighted by Crippen LogP contribution is 2.16. The zero-order valence-corrected chi connectivity index (χ0v) is 10.5. The molecule has 0 atom stereocenters. The smallest absolute Gasteiger partial charge is 0.338 e. The van der Waals surface area contributed by atoms with Crippen molar-refractivity contribution >= 4 is 5.97 Å². The summed E-state index contributed by atoms with van der Waals surface area (Å²) in [5.41, 5.74) is 0.0422. The molecule has 0 radical (unpaired) electrons. The molecule has 0 bridgehead atoms. The third kappa shape index (κ3) is 4.72. The topological polar surface area (TPSA) is 35.5 Å². The van der Waals surface area contributed by atoms with Gasteiger partial charge in [0.1, 0.15) is 18.0 Å². The molecule has 1 rings (SSSR count). The summed E-state index contributed by atoms with van der Waals surface area (Å²) in [7, 11) is 0. The Labute approximate surface area is 102 Å². The largest absolute Gasteiger partial charge is 0.490 e. The third-order valence-electron chi connectivity index (χ3n) is 1.86. The summed E-state index contributed by atoms with van der Waals surface area (Å²) in [6.45, 7) is 9.53. The lowest BCUT2D eigenvalue weighted by atomic mass is 10.1. The van der Waals surface area contributed by atoms with Gasteiger partial charge in [-0.2, -0.15) is 0 Å². The van der Waals surface area contributed by atoms with Gasteiger partial charge in [-0.15, -0.1) is 0 Å². The van der Waals surface area contributed by atoms with Crippen LogP contribution in [0.3, 0.4) is 0 Å². The van der Waals surface area contributed by atoms with Crippen LogP contribution in [0.5, 0.6) is 5.75 Å². The maximum atomic E-state index is 11.7. The lowest BCUT2D eigenvalue weighted by Gasteiger charge is -2.19. The predicted octanol–water partition coefficient (Wildman–Crippen LogP) is 3.21. The van der Waals surface area contributed by atoms with Crippen LogP contribution < -0.4 is 4.74 Å². The van der Waals surface area contributed by atoms with E-state index in [0.717, 1.165) is 0 Å². The normalized spacial score (nSPS) is 10.8. The van der Waals surface area contributed by atoms with Crippen molar-refractivity contribution in [3.8, 4) is 5.75 Å². The van der Waals surface area contributed by atoms with E-state index in [4.69, 9.17) is 9.47 Å². The molecule has 0 heterocycles. The second-order valence-corrected chi connectivity index (χ2v) is 4.63. The van der Waals surface area contributed by atoms with E-state index in [1.54, 1.807) is 30.3 Å². The molecule has 0 saturated heterocycles. The van der Waals surface area contributed by atoms with Crippen LogP contribution in [0.15, 0.2) is 36.9 Å². The molecule has 0 unspecified atom stereocenters. The fraction of sp³-hybridized carbons (Fsp3) is 0.357. The SMILES string of the molecule is C=CCOc1ccc(C(=O)OC(C)(C)C)cc1. The lowest BCUT2D eigenvalue weighted by Crippen LogP contribution is -2.23. The van der Waals surface area contributed by atoms with Gasteiger partial charge in [0.25, 0.3) is 0 Å². The average Bonchev–Trinajstić information content (AvgIpc) is 2.24. The lowest BCUT2D eigenvalue weighted by molar-refractivity contribution is 0.00695. The van der Waals surface area contributed by atoms with Crippen molar-refractivity contribution in [1.29, 1.82) is 0 Å². The minimum absolute atomic E-state index is 0.326. The van der Waals surface area contributed by atoms with Crippen molar-refractivity contribution < 1.29 is 14.3 Å². The van der Waals surface area contributed by atoms with Gasteiger partial charge >= 0.3 is 5.97 Å². The summed E-state index contributed by atoms with van der Waals surface area (Å²) in [6.07, 6.45) is 1.67. The van der Waals surface area contributed by atoms with Gasteiger partial charge < -0.3 is 9.47 Å². The first-order valence-electron chi connectivity index (χ1n) is 5.49. The molecule has 3 nitrogen and oxygen atoms in total. The molecule has 3 heteroatoms. The number of rotatable bonds is 4. The highest BCUT2D eigenvalue weighted by molar-refractivity contribution is 5.89. The Morgan fingerprint density at radius 1 is 1.29 bits per heavy atom. The van der Waals surface area contributed by atoms with Gasteiger partial charge in [0, 0.05) is 0 Å². The van der Waals surface area contributed by atoms with Crippen molar-refractivity contribution in [1.82, 2.24) is 0 Å². The van der Waals surface area contributed by atoms with E-state index in [0.29, 0.717) is 17.9 Å². The van der Waals surface area contributed by atoms with Gasteiger partial charge in [0.2, 0.25) is 0 Å². The number of carbonyl (C=O) groups excluding carboxylic acids is 1. The highest BCUT2D eigenvalue weighted by Gasteiger charge is 2.17. The first kappa shape index (κ1) is 13.3. The Morgan fingerprint density at radius 3 is 2.35 bits per heavy atom. The van der Waals surface area contributed by atoms with E-state index in [2.05, 4.69) is 6.58 Å². The Kier molecular flexibility index (Phi) is 4.32. The van der Waals surface area contributed by atoms with E-state index in [1.165, 1.54) is 0 Å². The standard InChI is InChI=1S/C14H18O3/c1-5-10-16-12-8-6-11(7-9-12)13(15)17-14(2,3)4/h5-9H,1,10H2,2-4H3. The minimum Gasteiger partial charge on any atom is -0.490 e. The van der Waals surface area contributed by atoms with Crippen LogP contribution in [0.1, 0.15) is 31.1 Å². The predicted molar refractivity (Wildman–Crippen MR) is 67.3 cm³/mol. The quantitative estimate of drug-likeness (QED) is 0.592. The molecule has 1 aromatic carbocycles. The Balaban J connectivity index is 2.67. The van der Waals surface area contributed by atoms with Crippen LogP contribution in [0, 0.1) is 0 Å². The number of ether oxygens (including phenoxy) is 2. The van der Waals surface area contributed by atoms with E-state index >= 15 is 0 Å². The second-order valence-electron chi connectivity index (χ2n) is 4.63. The van der Waals surface area contributed by atoms with Gasteiger partial charge in [0.15, 0.2) is 0 Å². The van der Waals surface area contributed by atoms with E-state index < -0.39 is 5.60 Å². The maximum Gasteiger partial charge on any atom is 0.338 e. The summed E-state index contributed by atoms with van der Waals surface area (Å²) < 4.78 is 10.6. The van der Waals surface area contributed by atoms with Gasteiger partial charge in [-0.05, 0) is 45.0 Å². The van der Waals surface area contributed by atoms with E-state index in [9.17, 15) is 4.79 Å². The molecule has 1 aromatic rings. The molecular weight excluding hydrogens is 216 g/mol. The van der Waals surface area contributed by atoms with Crippen LogP contribution >= 0.6 is 0 Å². The summed E-state index contributed by atoms with van der Waals surface area (Å²) in [6, 6.07) is 6.85. The third-order valence-corrected chi connectivity index (χ3v) is 1.86. The molecule has 0 N–H and O–H groups in total. The van der Waals surface area contributed by atoms with Crippen molar-refractivity contribution in [3.63, 3.8) is 0 Å². The molecule has 0 aliphatic carbocycles. The number of hydrogen-bond donors (Lipinski definition) is 0. The molecule has 92 valence electrons. The monoisotopic (exact) mass is 234 g/mol. The zero-order valence-electron chi connectivity index (χ0n) is 10.5. The van der Waals surface area contributed by atoms with Crippen LogP contribution in [0.4, 0.5) is 0 Å². The molecule has 17 heavy (non-hydrogen) atoms. The van der Waals surface area contributed by atoms with Crippen LogP contribution in [-0.2, 0) is 4.74 Å². The molecule has 0 aliphatic heterocycles. The highest BCUT2D eigenvalue weighted by atomic mass is 16.6. The summed E-state index contributed by atoms with van der Waals surface area (Å²) >= 11 is 0. The molecule has 0 saturated carbocycles. The zero-order chi connectivity index (χ0) is 12.9. The Morgan fingerprint density at radius 2 is 1.88 bits per heavy atom. The summed E-state index contributed by atoms with van der Waals surface area (Å²) in [4.78, 5) is 11.7. The van der Waals surface area contributed by atoms with E-state index in [-0.39, 0.29) is 5.97 Å². The number of carbonyl (C=O) groups is 1. The van der Waals surface area contributed by atoms with Gasteiger partial charge in [-0.1, -0.05) is 12.7 Å². The summed E-state index contributed by atoms with van der Waals surface area (Å²) in [5, 5.41) is 0. The Bertz CT molecular complexity index is 385. The first-order valence-corrected chi connectivity index (χ1v) is 5.49. The Hall–Kier alpha value is -1.77. The molecule has 0 fully saturated rings. The van der Waals surface area contributed by atoms with Gasteiger partial charge in [-0.3, -0.25) is 0 Å². The van der Waals surface area contributed by atoms with Crippen LogP contribution in [-0.4, -0.2) is 18.2 Å². The van der Waals surface area contributed by atoms with Gasteiger partial charge in [0.05, 0.1) is 5.56 Å². The van der Waals surface area contributed by atoms with Crippen molar-refractivity contribution in [2.45, 2.75) is 26.4 Å². The van der Waals surface area contributed by atoms with Crippen molar-refractivity contribution in [3.05, 3.63) is 42.5 Å². The fourth-order valence-corrected chi connectivity index (χ4v) is 1.18. The van der Waals surface area contributed by atoms with Crippen LogP contribution in [0.25, 0.3) is 0 Å².